The average molecular weight is 1370 g/mol. The highest BCUT2D eigenvalue weighted by Crippen LogP contribution is 2.52. The molecule has 93 heavy (non-hydrogen) atoms. The SMILES string of the molecule is Nc1ccn([C@@H]2O[C@H](CO)[C@@H](OP(=O)(O)OC[C@H]3O[C@@H](n4ccc(N)nc4=O)[C@H](O)[C@@H]3OP(=O)(O)OC[C@H]3O[C@@H](n4cnc5c(N)ncnc54)[C@H](O[13C](=O)[C@H](Cc4ccccc4)NC(=O)CCCCCNC(=O)CCCC[C@@H]4SC[C@@H]5NC(=O)N[C@@H]54)[C@@H]3O)[C@H]2O)c(=O)n1. The van der Waals surface area contributed by atoms with Crippen LogP contribution in [0, 0.1) is 0 Å². The van der Waals surface area contributed by atoms with Gasteiger partial charge in [-0.05, 0) is 43.4 Å². The maximum absolute atomic E-state index is 14.5. The lowest BCUT2D eigenvalue weighted by atomic mass is 10.0. The number of nitrogens with two attached hydrogens (primary N) is 3. The summed E-state index contributed by atoms with van der Waals surface area (Å²) >= 11 is 1.82. The van der Waals surface area contributed by atoms with Gasteiger partial charge in [0, 0.05) is 49.2 Å². The van der Waals surface area contributed by atoms with Gasteiger partial charge in [0.05, 0.1) is 38.2 Å². The number of unbranched alkanes of at least 4 members (excludes halogenated alkanes) is 3. The van der Waals surface area contributed by atoms with Crippen molar-refractivity contribution in [3.05, 3.63) is 94.0 Å². The maximum Gasteiger partial charge on any atom is 0.472 e. The van der Waals surface area contributed by atoms with Crippen molar-refractivity contribution in [2.45, 2.75) is 155 Å². The van der Waals surface area contributed by atoms with E-state index >= 15 is 0 Å². The summed E-state index contributed by atoms with van der Waals surface area (Å²) < 4.78 is 75.1. The highest BCUT2D eigenvalue weighted by Gasteiger charge is 2.54. The van der Waals surface area contributed by atoms with E-state index in [9.17, 15) is 68.1 Å². The molecule has 2 unspecified atom stereocenters. The lowest BCUT2D eigenvalue weighted by Gasteiger charge is -2.26. The van der Waals surface area contributed by atoms with Gasteiger partial charge in [-0.15, -0.1) is 0 Å². The third kappa shape index (κ3) is 16.7. The Balaban J connectivity index is 0.777. The molecule has 0 bridgehead atoms. The van der Waals surface area contributed by atoms with Gasteiger partial charge in [-0.3, -0.25) is 41.4 Å². The van der Waals surface area contributed by atoms with E-state index in [1.54, 1.807) is 30.3 Å². The van der Waals surface area contributed by atoms with E-state index in [0.717, 1.165) is 47.9 Å². The number of fused-ring (bicyclic) bond motifs is 2. The summed E-state index contributed by atoms with van der Waals surface area (Å²) in [5.41, 5.74) is 15.9. The van der Waals surface area contributed by atoms with Gasteiger partial charge < -0.3 is 87.6 Å². The molecule has 37 nitrogen and oxygen atoms in total. The quantitative estimate of drug-likeness (QED) is 0.00770. The monoisotopic (exact) mass is 1360 g/mol. The number of aliphatic hydroxyl groups is 4. The average Bonchev–Trinajstić information content (AvgIpc) is 1.65. The first-order valence-electron chi connectivity index (χ1n) is 29.5. The van der Waals surface area contributed by atoms with Gasteiger partial charge in [-0.2, -0.15) is 21.7 Å². The minimum atomic E-state index is -5.59. The zero-order valence-electron chi connectivity index (χ0n) is 49.3. The van der Waals surface area contributed by atoms with Crippen LogP contribution in [0.4, 0.5) is 22.2 Å². The van der Waals surface area contributed by atoms with Crippen LogP contribution in [-0.4, -0.2) is 203 Å². The Hall–Kier alpha value is -7.10. The molecule has 506 valence electrons. The maximum atomic E-state index is 14.5. The van der Waals surface area contributed by atoms with Gasteiger partial charge in [-0.1, -0.05) is 43.2 Å². The van der Waals surface area contributed by atoms with Gasteiger partial charge in [0.1, 0.15) is 78.4 Å². The molecule has 5 aromatic rings. The second-order valence-corrected chi connectivity index (χ2v) is 26.5. The molecule has 5 fully saturated rings. The van der Waals surface area contributed by atoms with Crippen molar-refractivity contribution in [3.8, 4) is 0 Å². The van der Waals surface area contributed by atoms with Crippen LogP contribution in [0.2, 0.25) is 0 Å². The first-order chi connectivity index (χ1) is 44.5. The summed E-state index contributed by atoms with van der Waals surface area (Å²) in [6.45, 7) is -2.74. The van der Waals surface area contributed by atoms with Gasteiger partial charge in [0.2, 0.25) is 11.8 Å². The number of amides is 4. The molecule has 5 saturated heterocycles. The Morgan fingerprint density at radius 3 is 1.99 bits per heavy atom. The number of hydrogen-bond acceptors (Lipinski definition) is 29. The number of benzene rings is 1. The molecule has 4 amide bonds. The van der Waals surface area contributed by atoms with Crippen molar-refractivity contribution in [1.29, 1.82) is 0 Å². The third-order valence-electron chi connectivity index (χ3n) is 16.0. The number of esters is 1. The zero-order valence-corrected chi connectivity index (χ0v) is 51.9. The van der Waals surface area contributed by atoms with Crippen molar-refractivity contribution in [2.75, 3.05) is 49.3 Å². The van der Waals surface area contributed by atoms with Gasteiger partial charge in [0.15, 0.2) is 36.3 Å². The molecule has 1 aromatic carbocycles. The van der Waals surface area contributed by atoms with Gasteiger partial charge >= 0.3 is 39.0 Å². The number of ether oxygens (including phenoxy) is 4. The number of aliphatic hydroxyl groups excluding tert-OH is 4. The largest absolute Gasteiger partial charge is 0.472 e. The van der Waals surface area contributed by atoms with Gasteiger partial charge in [-0.25, -0.2) is 43.3 Å². The third-order valence-corrected chi connectivity index (χ3v) is 19.5. The summed E-state index contributed by atoms with van der Waals surface area (Å²) in [5, 5.41) is 56.6. The van der Waals surface area contributed by atoms with Crippen LogP contribution in [0.3, 0.4) is 0 Å². The smallest absolute Gasteiger partial charge is 0.453 e. The number of phosphoric acid groups is 2. The highest BCUT2D eigenvalue weighted by molar-refractivity contribution is 8.00. The van der Waals surface area contributed by atoms with E-state index in [2.05, 4.69) is 46.2 Å². The number of urea groups is 1. The predicted molar refractivity (Wildman–Crippen MR) is 321 cm³/mol. The van der Waals surface area contributed by atoms with E-state index < -0.39 is 138 Å². The molecule has 4 aromatic heterocycles. The van der Waals surface area contributed by atoms with Crippen molar-refractivity contribution in [3.63, 3.8) is 0 Å². The highest BCUT2D eigenvalue weighted by atomic mass is 32.2. The Morgan fingerprint density at radius 1 is 0.720 bits per heavy atom. The Morgan fingerprint density at radius 2 is 1.33 bits per heavy atom. The number of thioether (sulfide) groups is 1. The van der Waals surface area contributed by atoms with Crippen molar-refractivity contribution < 1.29 is 95.6 Å². The summed E-state index contributed by atoms with van der Waals surface area (Å²) in [5.74, 6) is -1.26. The number of anilines is 3. The lowest BCUT2D eigenvalue weighted by Crippen LogP contribution is -2.47. The number of aromatic nitrogens is 8. The second kappa shape index (κ2) is 30.1. The second-order valence-electron chi connectivity index (χ2n) is 22.4. The number of hydrogen-bond donors (Lipinski definition) is 13. The first kappa shape index (κ1) is 68.8. The molecular weight excluding hydrogens is 1290 g/mol. The molecule has 0 spiro atoms. The summed E-state index contributed by atoms with van der Waals surface area (Å²) in [7, 11) is -11.1. The summed E-state index contributed by atoms with van der Waals surface area (Å²) in [6, 6.07) is 9.70. The number of imidazole rings is 1. The van der Waals surface area contributed by atoms with Crippen molar-refractivity contribution >= 4 is 79.8 Å². The van der Waals surface area contributed by atoms with Crippen LogP contribution < -0.4 is 49.8 Å². The standard InChI is InChI=1S/C53H71N15O22P2S/c54-33-14-17-66(52(77)63-33)47-40(73)42(29(20-69)85-47)89-92(81,82)84-22-31-43(41(74)48(87-31)67-18-15-34(55)64-53(67)78)90-91(79,80)83-21-30-39(72)44(49(86-30)68-25-60-38-45(56)58-24-59-46(38)68)88-50(75)27(19-26-9-3-1-4-10-26)61-36(71)13-5-2-8-16-57-35(70)12-7-6-11-32-37-28(23-93-32)62-51(76)65-37/h1,3-4,9-10,14-15,17-18,24-25,27-32,37,39-44,47-49,69,72-74H,2,5-8,11-13,16,19-23H2,(H,57,70)(H,61,71)(H,79,80)(H,81,82)(H2,54,63,77)(H2,55,64,78)(H2,56,58,59)(H2,62,65,76)/t27-,28-,29+,30+,31+,32-,37-,39+,40+,41+,42+,43+,44+,47+,48+,49+/m0/s1/i50+1. The predicted octanol–water partition coefficient (Wildman–Crippen LogP) is -2.10. The minimum Gasteiger partial charge on any atom is -0.453 e. The van der Waals surface area contributed by atoms with E-state index in [4.69, 9.17) is 54.2 Å². The van der Waals surface area contributed by atoms with Gasteiger partial charge in [0.25, 0.3) is 0 Å². The number of rotatable bonds is 30. The number of nitrogen functional groups attached to an aromatic ring is 3. The topological polar surface area (TPSA) is 537 Å². The molecular formula is C53H71N15O22P2S. The fourth-order valence-electron chi connectivity index (χ4n) is 11.3. The van der Waals surface area contributed by atoms with Crippen LogP contribution in [0.1, 0.15) is 75.6 Å². The normalized spacial score (nSPS) is 29.1. The lowest BCUT2D eigenvalue weighted by molar-refractivity contribution is -0.162. The van der Waals surface area contributed by atoms with E-state index in [1.807, 2.05) is 11.8 Å². The van der Waals surface area contributed by atoms with Crippen LogP contribution >= 0.6 is 27.4 Å². The Labute approximate surface area is 531 Å². The number of carbonyl (C=O) groups excluding carboxylic acids is 4. The molecule has 40 heteroatoms. The number of carbonyl (C=O) groups is 4. The number of nitrogens with one attached hydrogen (secondary N) is 4. The molecule has 18 atom stereocenters. The minimum absolute atomic E-state index is 0.0120. The summed E-state index contributed by atoms with van der Waals surface area (Å²) in [4.78, 5) is 120. The Kier molecular flexibility index (Phi) is 22.3. The van der Waals surface area contributed by atoms with Crippen molar-refractivity contribution in [2.24, 2.45) is 0 Å². The Bertz CT molecular complexity index is 3690. The molecule has 5 aliphatic heterocycles. The molecule has 9 heterocycles. The molecule has 10 rings (SSSR count). The van der Waals surface area contributed by atoms with Crippen LogP contribution in [0.5, 0.6) is 0 Å². The zero-order chi connectivity index (χ0) is 66.3. The van der Waals surface area contributed by atoms with E-state index in [1.165, 1.54) is 17.0 Å². The van der Waals surface area contributed by atoms with Crippen LogP contribution in [0.25, 0.3) is 11.2 Å². The van der Waals surface area contributed by atoms with Crippen molar-refractivity contribution in [1.82, 2.24) is 59.9 Å². The molecule has 0 radical (unpaired) electrons. The molecule has 16 N–H and O–H groups in total. The number of phosphoric ester groups is 2. The fraction of sp³-hybridized carbons (Fsp3) is 0.566. The van der Waals surface area contributed by atoms with Crippen LogP contribution in [-0.2, 0) is 67.0 Å². The molecule has 5 aliphatic rings. The fourth-order valence-corrected chi connectivity index (χ4v) is 14.8. The van der Waals surface area contributed by atoms with E-state index in [-0.39, 0.29) is 65.5 Å². The molecule has 0 aliphatic carbocycles. The van der Waals surface area contributed by atoms with E-state index in [0.29, 0.717) is 54.0 Å². The first-order valence-corrected chi connectivity index (χ1v) is 33.5. The van der Waals surface area contributed by atoms with Crippen LogP contribution in [0.15, 0.2) is 77.1 Å². The summed E-state index contributed by atoms with van der Waals surface area (Å²) in [6.07, 6.45) is -13.1. The number of nitrogens with zero attached hydrogens (tertiary/aromatic N) is 8. The molecule has 0 saturated carbocycles.